The number of allylic oxidation sites excluding steroid dienone is 1. The third kappa shape index (κ3) is 6.77. The lowest BCUT2D eigenvalue weighted by Crippen LogP contribution is -2.29. The SMILES string of the molecule is C=C(/C=C(O)\C(O)=C/C)C1=NN(C)C([SH+]CC(=O)OCc2cccc(OCC)c2)O1. The summed E-state index contributed by atoms with van der Waals surface area (Å²) in [6.07, 6.45) is 2.61. The number of hydrogen-bond acceptors (Lipinski definition) is 8. The second kappa shape index (κ2) is 11.2. The maximum absolute atomic E-state index is 12.1. The smallest absolute Gasteiger partial charge is 0.356 e. The van der Waals surface area contributed by atoms with E-state index in [4.69, 9.17) is 14.2 Å². The largest absolute Gasteiger partial charge is 0.504 e. The van der Waals surface area contributed by atoms with E-state index in [-0.39, 0.29) is 35.7 Å². The maximum atomic E-state index is 12.1. The highest BCUT2D eigenvalue weighted by atomic mass is 32.2. The van der Waals surface area contributed by atoms with E-state index in [2.05, 4.69) is 11.7 Å². The van der Waals surface area contributed by atoms with Gasteiger partial charge in [0.05, 0.1) is 18.4 Å². The van der Waals surface area contributed by atoms with Crippen molar-refractivity contribution in [1.82, 2.24) is 5.01 Å². The van der Waals surface area contributed by atoms with Crippen molar-refractivity contribution in [2.24, 2.45) is 5.10 Å². The van der Waals surface area contributed by atoms with E-state index < -0.39 is 5.56 Å². The highest BCUT2D eigenvalue weighted by Crippen LogP contribution is 2.18. The molecule has 2 N–H and O–H groups in total. The first-order valence-electron chi connectivity index (χ1n) is 9.31. The van der Waals surface area contributed by atoms with Crippen molar-refractivity contribution in [2.45, 2.75) is 26.0 Å². The number of hydrogen-bond donors (Lipinski definition) is 2. The first-order valence-corrected chi connectivity index (χ1v) is 10.5. The van der Waals surface area contributed by atoms with Crippen molar-refractivity contribution in [3.8, 4) is 5.75 Å². The summed E-state index contributed by atoms with van der Waals surface area (Å²) in [7, 11) is 1.70. The van der Waals surface area contributed by atoms with Crippen molar-refractivity contribution >= 4 is 23.6 Å². The number of ether oxygens (including phenoxy) is 3. The monoisotopic (exact) mass is 435 g/mol. The number of thiol groups is 1. The molecule has 1 aliphatic heterocycles. The van der Waals surface area contributed by atoms with Gasteiger partial charge >= 0.3 is 11.5 Å². The fraction of sp³-hybridized carbons (Fsp3) is 0.333. The molecule has 0 bridgehead atoms. The molecular formula is C21H27N2O6S+. The van der Waals surface area contributed by atoms with E-state index in [0.29, 0.717) is 23.9 Å². The number of carbonyl (C=O) groups excluding carboxylic acids is 1. The molecule has 1 aromatic carbocycles. The van der Waals surface area contributed by atoms with Gasteiger partial charge < -0.3 is 24.4 Å². The van der Waals surface area contributed by atoms with Crippen LogP contribution in [0.3, 0.4) is 0 Å². The number of esters is 1. The molecule has 9 heteroatoms. The molecule has 1 aromatic rings. The Morgan fingerprint density at radius 3 is 2.87 bits per heavy atom. The van der Waals surface area contributed by atoms with Crippen LogP contribution in [0, 0.1) is 0 Å². The fourth-order valence-corrected chi connectivity index (χ4v) is 3.25. The molecular weight excluding hydrogens is 408 g/mol. The molecule has 8 nitrogen and oxygen atoms in total. The van der Waals surface area contributed by atoms with Crippen molar-refractivity contribution in [3.63, 3.8) is 0 Å². The normalized spacial score (nSPS) is 16.7. The molecule has 1 heterocycles. The van der Waals surface area contributed by atoms with Crippen LogP contribution in [0.1, 0.15) is 19.4 Å². The minimum atomic E-state index is -0.489. The second-order valence-corrected chi connectivity index (χ2v) is 7.36. The Morgan fingerprint density at radius 1 is 1.40 bits per heavy atom. The number of hydrazone groups is 1. The van der Waals surface area contributed by atoms with Gasteiger partial charge in [-0.05, 0) is 43.7 Å². The Kier molecular flexibility index (Phi) is 8.67. The number of nitrogens with zero attached hydrogens (tertiary/aromatic N) is 2. The van der Waals surface area contributed by atoms with E-state index in [0.717, 1.165) is 11.3 Å². The average molecular weight is 436 g/mol. The summed E-state index contributed by atoms with van der Waals surface area (Å²) >= 11 is 0.644. The van der Waals surface area contributed by atoms with Gasteiger partial charge in [-0.1, -0.05) is 18.7 Å². The maximum Gasteiger partial charge on any atom is 0.356 e. The Hall–Kier alpha value is -3.07. The van der Waals surface area contributed by atoms with Crippen LogP contribution in [0.15, 0.2) is 65.2 Å². The van der Waals surface area contributed by atoms with Gasteiger partial charge in [0, 0.05) is 12.6 Å². The molecule has 2 rings (SSSR count). The van der Waals surface area contributed by atoms with Crippen LogP contribution in [-0.4, -0.2) is 52.1 Å². The number of benzene rings is 1. The Balaban J connectivity index is 1.80. The standard InChI is InChI=1S/C21H26N2O6S/c1-5-17(24)18(25)10-14(3)20-22-23(4)21(29-20)30-13-19(26)28-12-15-8-7-9-16(11-15)27-6-2/h5,7-11,21,24-25H,3,6,12-13H2,1-2,4H3/p+1/b17-5+,18-10+. The Morgan fingerprint density at radius 2 is 2.17 bits per heavy atom. The van der Waals surface area contributed by atoms with E-state index in [9.17, 15) is 15.0 Å². The highest BCUT2D eigenvalue weighted by Gasteiger charge is 2.33. The average Bonchev–Trinajstić information content (AvgIpc) is 3.11. The van der Waals surface area contributed by atoms with Crippen LogP contribution in [0.25, 0.3) is 0 Å². The molecule has 0 radical (unpaired) electrons. The molecule has 0 aliphatic carbocycles. The third-order valence-electron chi connectivity index (χ3n) is 3.89. The van der Waals surface area contributed by atoms with Crippen molar-refractivity contribution < 1.29 is 29.2 Å². The molecule has 0 fully saturated rings. The first-order chi connectivity index (χ1) is 14.3. The van der Waals surface area contributed by atoms with E-state index >= 15 is 0 Å². The highest BCUT2D eigenvalue weighted by molar-refractivity contribution is 7.79. The minimum Gasteiger partial charge on any atom is -0.504 e. The summed E-state index contributed by atoms with van der Waals surface area (Å²) in [5.74, 6) is 0.0834. The molecule has 1 aliphatic rings. The summed E-state index contributed by atoms with van der Waals surface area (Å²) < 4.78 is 16.4. The van der Waals surface area contributed by atoms with Crippen LogP contribution in [0.4, 0.5) is 0 Å². The summed E-state index contributed by atoms with van der Waals surface area (Å²) in [6.45, 7) is 8.00. The quantitative estimate of drug-likeness (QED) is 0.192. The zero-order valence-corrected chi connectivity index (χ0v) is 18.1. The van der Waals surface area contributed by atoms with Gasteiger partial charge in [-0.3, -0.25) is 0 Å². The summed E-state index contributed by atoms with van der Waals surface area (Å²) in [5.41, 5.74) is 0.650. The lowest BCUT2D eigenvalue weighted by atomic mass is 10.2. The van der Waals surface area contributed by atoms with Crippen LogP contribution < -0.4 is 4.74 Å². The number of aliphatic hydroxyl groups is 2. The van der Waals surface area contributed by atoms with Gasteiger partial charge in [0.25, 0.3) is 0 Å². The minimum absolute atomic E-state index is 0.121. The number of carbonyl (C=O) groups is 1. The van der Waals surface area contributed by atoms with Crippen molar-refractivity contribution in [1.29, 1.82) is 0 Å². The molecule has 1 atom stereocenters. The second-order valence-electron chi connectivity index (χ2n) is 6.23. The van der Waals surface area contributed by atoms with Gasteiger partial charge in [0.1, 0.15) is 12.4 Å². The van der Waals surface area contributed by atoms with Gasteiger partial charge in [0.15, 0.2) is 11.5 Å². The zero-order valence-electron chi connectivity index (χ0n) is 17.2. The van der Waals surface area contributed by atoms with E-state index in [1.54, 1.807) is 19.0 Å². The molecule has 1 unspecified atom stereocenters. The molecule has 0 aromatic heterocycles. The third-order valence-corrected chi connectivity index (χ3v) is 5.09. The van der Waals surface area contributed by atoms with Gasteiger partial charge in [0.2, 0.25) is 11.7 Å². The molecule has 0 spiro atoms. The van der Waals surface area contributed by atoms with E-state index in [1.807, 2.05) is 31.2 Å². The van der Waals surface area contributed by atoms with Gasteiger partial charge in [-0.25, -0.2) is 9.80 Å². The van der Waals surface area contributed by atoms with Crippen LogP contribution in [0.5, 0.6) is 5.75 Å². The predicted octanol–water partition coefficient (Wildman–Crippen LogP) is 2.96. The fourth-order valence-electron chi connectivity index (χ4n) is 2.39. The van der Waals surface area contributed by atoms with Gasteiger partial charge in [-0.15, -0.1) is 5.10 Å². The predicted molar refractivity (Wildman–Crippen MR) is 117 cm³/mol. The Bertz CT molecular complexity index is 865. The topological polar surface area (TPSA) is 101 Å². The molecule has 0 saturated carbocycles. The number of aliphatic hydroxyl groups excluding tert-OH is 2. The lowest BCUT2D eigenvalue weighted by Gasteiger charge is -2.10. The van der Waals surface area contributed by atoms with Crippen LogP contribution >= 0.6 is 0 Å². The number of rotatable bonds is 10. The zero-order chi connectivity index (χ0) is 22.1. The van der Waals surface area contributed by atoms with Gasteiger partial charge in [-0.2, -0.15) is 0 Å². The van der Waals surface area contributed by atoms with Crippen LogP contribution in [-0.2, 0) is 32.6 Å². The van der Waals surface area contributed by atoms with Crippen molar-refractivity contribution in [3.05, 3.63) is 65.7 Å². The van der Waals surface area contributed by atoms with E-state index in [1.165, 1.54) is 12.2 Å². The van der Waals surface area contributed by atoms with Crippen LogP contribution in [0.2, 0.25) is 0 Å². The summed E-state index contributed by atoms with van der Waals surface area (Å²) in [5, 5.41) is 25.0. The lowest BCUT2D eigenvalue weighted by molar-refractivity contribution is -0.141. The summed E-state index contributed by atoms with van der Waals surface area (Å²) in [4.78, 5) is 12.1. The molecule has 0 saturated heterocycles. The summed E-state index contributed by atoms with van der Waals surface area (Å²) in [6, 6.07) is 7.40. The first kappa shape index (κ1) is 23.2. The molecule has 0 amide bonds. The Labute approximate surface area is 180 Å². The molecule has 30 heavy (non-hydrogen) atoms. The van der Waals surface area contributed by atoms with Crippen molar-refractivity contribution in [2.75, 3.05) is 19.4 Å². The molecule has 162 valence electrons.